The van der Waals surface area contributed by atoms with E-state index >= 15 is 0 Å². The van der Waals surface area contributed by atoms with Crippen LogP contribution in [0, 0.1) is 0 Å². The van der Waals surface area contributed by atoms with Crippen molar-refractivity contribution in [3.8, 4) is 0 Å². The smallest absolute Gasteiger partial charge is 0.349 e. The number of hydrogen-bond donors (Lipinski definition) is 2. The number of aromatic nitrogens is 1. The van der Waals surface area contributed by atoms with Gasteiger partial charge in [-0.05, 0) is 37.1 Å². The van der Waals surface area contributed by atoms with E-state index in [1.165, 1.54) is 36.9 Å². The van der Waals surface area contributed by atoms with Crippen molar-refractivity contribution in [2.24, 2.45) is 0 Å². The van der Waals surface area contributed by atoms with E-state index in [0.29, 0.717) is 5.56 Å². The number of hydrogen-bond acceptors (Lipinski definition) is 3. The number of amides is 1. The molecule has 1 aliphatic rings. The summed E-state index contributed by atoms with van der Waals surface area (Å²) in [6.45, 7) is 0. The van der Waals surface area contributed by atoms with Gasteiger partial charge in [0.05, 0.1) is 11.3 Å². The van der Waals surface area contributed by atoms with Crippen LogP contribution in [0.4, 0.5) is 24.7 Å². The Balaban J connectivity index is 1.75. The molecule has 0 atom stereocenters. The van der Waals surface area contributed by atoms with Gasteiger partial charge < -0.3 is 10.6 Å². The highest BCUT2D eigenvalue weighted by Crippen LogP contribution is 2.35. The first-order valence-electron chi connectivity index (χ1n) is 8.63. The summed E-state index contributed by atoms with van der Waals surface area (Å²) in [6.07, 6.45) is 2.24. The fraction of sp³-hybridized carbons (Fsp3) is 0.368. The molecule has 2 aromatic rings. The first-order chi connectivity index (χ1) is 12.4. The minimum atomic E-state index is -4.47. The fourth-order valence-corrected chi connectivity index (χ4v) is 3.13. The molecule has 1 aliphatic carbocycles. The van der Waals surface area contributed by atoms with Crippen molar-refractivity contribution in [2.75, 3.05) is 5.32 Å². The van der Waals surface area contributed by atoms with E-state index in [9.17, 15) is 18.0 Å². The first-order valence-corrected chi connectivity index (χ1v) is 8.63. The number of carbonyl (C=O) groups excluding carboxylic acids is 1. The van der Waals surface area contributed by atoms with Gasteiger partial charge in [-0.3, -0.25) is 4.79 Å². The molecule has 1 aromatic heterocycles. The zero-order valence-corrected chi connectivity index (χ0v) is 14.1. The molecule has 0 spiro atoms. The lowest BCUT2D eigenvalue weighted by molar-refractivity contribution is -0.136. The van der Waals surface area contributed by atoms with Gasteiger partial charge in [-0.15, -0.1) is 0 Å². The zero-order chi connectivity index (χ0) is 18.6. The number of halogens is 3. The number of rotatable bonds is 4. The molecule has 4 nitrogen and oxygen atoms in total. The van der Waals surface area contributed by atoms with Crippen LogP contribution in [0.2, 0.25) is 0 Å². The van der Waals surface area contributed by atoms with E-state index in [1.807, 2.05) is 0 Å². The number of nitrogens with zero attached hydrogens (tertiary/aromatic N) is 1. The molecule has 0 saturated heterocycles. The van der Waals surface area contributed by atoms with Gasteiger partial charge in [0.2, 0.25) is 0 Å². The van der Waals surface area contributed by atoms with Gasteiger partial charge in [0.1, 0.15) is 5.82 Å². The fourth-order valence-electron chi connectivity index (χ4n) is 3.13. The average Bonchev–Trinajstić information content (AvgIpc) is 2.62. The number of para-hydroxylation sites is 1. The molecule has 0 aliphatic heterocycles. The first kappa shape index (κ1) is 18.2. The zero-order valence-electron chi connectivity index (χ0n) is 14.1. The second-order valence-corrected chi connectivity index (χ2v) is 6.41. The standard InChI is InChI=1S/C19H20F3N3O/c20-19(21,22)15-8-4-5-9-16(15)25-17-12-13(10-11-23-17)18(26)24-14-6-2-1-3-7-14/h4-5,8-12,14H,1-3,6-7H2,(H,23,25)(H,24,26). The summed E-state index contributed by atoms with van der Waals surface area (Å²) in [6, 6.07) is 8.35. The quantitative estimate of drug-likeness (QED) is 0.812. The molecule has 1 aromatic carbocycles. The molecule has 0 radical (unpaired) electrons. The summed E-state index contributed by atoms with van der Waals surface area (Å²) >= 11 is 0. The van der Waals surface area contributed by atoms with Crippen LogP contribution in [0.3, 0.4) is 0 Å². The van der Waals surface area contributed by atoms with Crippen LogP contribution in [-0.2, 0) is 6.18 Å². The van der Waals surface area contributed by atoms with Crippen LogP contribution in [-0.4, -0.2) is 16.9 Å². The van der Waals surface area contributed by atoms with E-state index in [0.717, 1.165) is 31.7 Å². The molecule has 1 saturated carbocycles. The number of benzene rings is 1. The van der Waals surface area contributed by atoms with Crippen LogP contribution in [0.15, 0.2) is 42.6 Å². The second kappa shape index (κ2) is 7.76. The van der Waals surface area contributed by atoms with Crippen molar-refractivity contribution in [3.63, 3.8) is 0 Å². The molecule has 3 rings (SSSR count). The van der Waals surface area contributed by atoms with Crippen molar-refractivity contribution in [1.82, 2.24) is 10.3 Å². The number of nitrogens with one attached hydrogen (secondary N) is 2. The highest BCUT2D eigenvalue weighted by atomic mass is 19.4. The number of pyridine rings is 1. The van der Waals surface area contributed by atoms with Crippen LogP contribution in [0.25, 0.3) is 0 Å². The Hall–Kier alpha value is -2.57. The van der Waals surface area contributed by atoms with E-state index in [2.05, 4.69) is 15.6 Å². The van der Waals surface area contributed by atoms with Crippen molar-refractivity contribution in [3.05, 3.63) is 53.7 Å². The molecule has 1 amide bonds. The van der Waals surface area contributed by atoms with Crippen molar-refractivity contribution in [2.45, 2.75) is 44.3 Å². The average molecular weight is 363 g/mol. The van der Waals surface area contributed by atoms with Crippen LogP contribution in [0.1, 0.15) is 48.0 Å². The number of carbonyl (C=O) groups is 1. The van der Waals surface area contributed by atoms with E-state index in [1.54, 1.807) is 6.07 Å². The Morgan fingerprint density at radius 1 is 1.08 bits per heavy atom. The summed E-state index contributed by atoms with van der Waals surface area (Å²) < 4.78 is 39.3. The van der Waals surface area contributed by atoms with Gasteiger partial charge in [0.15, 0.2) is 0 Å². The van der Waals surface area contributed by atoms with Gasteiger partial charge in [0, 0.05) is 17.8 Å². The third-order valence-electron chi connectivity index (χ3n) is 4.46. The lowest BCUT2D eigenvalue weighted by Gasteiger charge is -2.22. The number of alkyl halides is 3. The van der Waals surface area contributed by atoms with Crippen molar-refractivity contribution in [1.29, 1.82) is 0 Å². The molecule has 7 heteroatoms. The third kappa shape index (κ3) is 4.53. The van der Waals surface area contributed by atoms with E-state index in [4.69, 9.17) is 0 Å². The van der Waals surface area contributed by atoms with Crippen LogP contribution in [0.5, 0.6) is 0 Å². The lowest BCUT2D eigenvalue weighted by atomic mass is 9.95. The largest absolute Gasteiger partial charge is 0.418 e. The summed E-state index contributed by atoms with van der Waals surface area (Å²) in [7, 11) is 0. The SMILES string of the molecule is O=C(NC1CCCCC1)c1ccnc(Nc2ccccc2C(F)(F)F)c1. The second-order valence-electron chi connectivity index (χ2n) is 6.41. The van der Waals surface area contributed by atoms with Crippen molar-refractivity contribution >= 4 is 17.4 Å². The highest BCUT2D eigenvalue weighted by molar-refractivity contribution is 5.95. The van der Waals surface area contributed by atoms with Gasteiger partial charge in [-0.25, -0.2) is 4.98 Å². The van der Waals surface area contributed by atoms with Gasteiger partial charge in [-0.2, -0.15) is 13.2 Å². The molecule has 1 fully saturated rings. The Labute approximate surface area is 149 Å². The molecule has 0 unspecified atom stereocenters. The Morgan fingerprint density at radius 2 is 1.81 bits per heavy atom. The van der Waals surface area contributed by atoms with Crippen molar-refractivity contribution < 1.29 is 18.0 Å². The lowest BCUT2D eigenvalue weighted by Crippen LogP contribution is -2.36. The molecule has 1 heterocycles. The topological polar surface area (TPSA) is 54.0 Å². The minimum Gasteiger partial charge on any atom is -0.349 e. The van der Waals surface area contributed by atoms with Crippen LogP contribution < -0.4 is 10.6 Å². The Bertz CT molecular complexity index is 771. The maximum absolute atomic E-state index is 13.1. The highest BCUT2D eigenvalue weighted by Gasteiger charge is 2.33. The normalized spacial score (nSPS) is 15.5. The summed E-state index contributed by atoms with van der Waals surface area (Å²) in [5.41, 5.74) is -0.506. The number of anilines is 2. The molecule has 138 valence electrons. The molecule has 0 bridgehead atoms. The summed E-state index contributed by atoms with van der Waals surface area (Å²) in [4.78, 5) is 16.4. The predicted octanol–water partition coefficient (Wildman–Crippen LogP) is 4.91. The van der Waals surface area contributed by atoms with Gasteiger partial charge in [0.25, 0.3) is 5.91 Å². The van der Waals surface area contributed by atoms with Gasteiger partial charge >= 0.3 is 6.18 Å². The van der Waals surface area contributed by atoms with Gasteiger partial charge in [-0.1, -0.05) is 31.4 Å². The monoisotopic (exact) mass is 363 g/mol. The Morgan fingerprint density at radius 3 is 2.54 bits per heavy atom. The molecular weight excluding hydrogens is 343 g/mol. The third-order valence-corrected chi connectivity index (χ3v) is 4.46. The maximum Gasteiger partial charge on any atom is 0.418 e. The van der Waals surface area contributed by atoms with E-state index in [-0.39, 0.29) is 23.5 Å². The Kier molecular flexibility index (Phi) is 5.44. The molecular formula is C19H20F3N3O. The predicted molar refractivity (Wildman–Crippen MR) is 93.3 cm³/mol. The molecule has 2 N–H and O–H groups in total. The minimum absolute atomic E-state index is 0.0997. The summed E-state index contributed by atoms with van der Waals surface area (Å²) in [5.74, 6) is -0.0375. The molecule has 26 heavy (non-hydrogen) atoms. The summed E-state index contributed by atoms with van der Waals surface area (Å²) in [5, 5.41) is 5.65. The van der Waals surface area contributed by atoms with E-state index < -0.39 is 11.7 Å². The maximum atomic E-state index is 13.1. The van der Waals surface area contributed by atoms with Crippen LogP contribution >= 0.6 is 0 Å².